The summed E-state index contributed by atoms with van der Waals surface area (Å²) in [5.41, 5.74) is -1.26. The second kappa shape index (κ2) is 8.49. The SMILES string of the molecule is CC(=O)OC(C)Cc1c(O)n2c3c(=O)n(C)c(=O)n(C)c3nc2n(Cc2ccc(Cl)cc2)c1=O. The predicted octanol–water partition coefficient (Wildman–Crippen LogP) is 0.948. The Labute approximate surface area is 197 Å². The lowest BCUT2D eigenvalue weighted by Crippen LogP contribution is -2.37. The molecular weight excluding hydrogens is 466 g/mol. The molecule has 34 heavy (non-hydrogen) atoms. The molecule has 0 saturated carbocycles. The molecule has 1 unspecified atom stereocenters. The summed E-state index contributed by atoms with van der Waals surface area (Å²) in [5.74, 6) is -1.06. The van der Waals surface area contributed by atoms with Crippen molar-refractivity contribution in [2.24, 2.45) is 14.1 Å². The lowest BCUT2D eigenvalue weighted by molar-refractivity contribution is -0.145. The number of halogens is 1. The highest BCUT2D eigenvalue weighted by Gasteiger charge is 2.25. The van der Waals surface area contributed by atoms with Gasteiger partial charge in [0.2, 0.25) is 11.7 Å². The number of imidazole rings is 1. The number of aromatic hydroxyl groups is 1. The summed E-state index contributed by atoms with van der Waals surface area (Å²) in [6, 6.07) is 6.81. The van der Waals surface area contributed by atoms with E-state index in [9.17, 15) is 24.3 Å². The molecular formula is C22H22ClN5O6. The van der Waals surface area contributed by atoms with Crippen LogP contribution in [0.3, 0.4) is 0 Å². The molecule has 1 atom stereocenters. The minimum atomic E-state index is -0.723. The Balaban J connectivity index is 2.10. The van der Waals surface area contributed by atoms with Crippen molar-refractivity contribution in [2.75, 3.05) is 0 Å². The number of fused-ring (bicyclic) bond motifs is 3. The molecule has 0 spiro atoms. The molecule has 0 aliphatic carbocycles. The zero-order chi connectivity index (χ0) is 24.9. The van der Waals surface area contributed by atoms with Gasteiger partial charge in [-0.25, -0.2) is 9.20 Å². The van der Waals surface area contributed by atoms with Crippen LogP contribution in [-0.4, -0.2) is 40.3 Å². The van der Waals surface area contributed by atoms with Gasteiger partial charge in [-0.15, -0.1) is 0 Å². The average molecular weight is 488 g/mol. The normalized spacial score (nSPS) is 12.4. The van der Waals surface area contributed by atoms with E-state index in [1.165, 1.54) is 30.2 Å². The summed E-state index contributed by atoms with van der Waals surface area (Å²) < 4.78 is 9.66. The molecule has 0 fully saturated rings. The first kappa shape index (κ1) is 23.3. The van der Waals surface area contributed by atoms with Crippen LogP contribution in [0.4, 0.5) is 0 Å². The van der Waals surface area contributed by atoms with Crippen molar-refractivity contribution in [1.29, 1.82) is 0 Å². The maximum absolute atomic E-state index is 13.5. The van der Waals surface area contributed by atoms with Crippen LogP contribution < -0.4 is 16.8 Å². The highest BCUT2D eigenvalue weighted by molar-refractivity contribution is 6.30. The third kappa shape index (κ3) is 3.77. The molecule has 4 rings (SSSR count). The molecule has 0 radical (unpaired) electrons. The summed E-state index contributed by atoms with van der Waals surface area (Å²) in [6.45, 7) is 2.88. The van der Waals surface area contributed by atoms with Gasteiger partial charge in [0.1, 0.15) is 6.10 Å². The second-order valence-electron chi connectivity index (χ2n) is 8.07. The lowest BCUT2D eigenvalue weighted by Gasteiger charge is -2.16. The van der Waals surface area contributed by atoms with Gasteiger partial charge < -0.3 is 9.84 Å². The van der Waals surface area contributed by atoms with Crippen LogP contribution in [0.2, 0.25) is 5.02 Å². The summed E-state index contributed by atoms with van der Waals surface area (Å²) in [6.07, 6.45) is -0.827. The molecule has 0 saturated heterocycles. The van der Waals surface area contributed by atoms with E-state index in [0.29, 0.717) is 10.6 Å². The van der Waals surface area contributed by atoms with E-state index >= 15 is 0 Å². The van der Waals surface area contributed by atoms with Gasteiger partial charge in [-0.2, -0.15) is 4.98 Å². The number of hydrogen-bond acceptors (Lipinski definition) is 7. The second-order valence-corrected chi connectivity index (χ2v) is 8.51. The monoisotopic (exact) mass is 487 g/mol. The zero-order valence-electron chi connectivity index (χ0n) is 18.9. The molecule has 3 aromatic heterocycles. The molecule has 1 N–H and O–H groups in total. The molecule has 12 heteroatoms. The average Bonchev–Trinajstić information content (AvgIpc) is 3.18. The summed E-state index contributed by atoms with van der Waals surface area (Å²) in [4.78, 5) is 54.7. The van der Waals surface area contributed by atoms with Crippen molar-refractivity contribution >= 4 is 34.5 Å². The van der Waals surface area contributed by atoms with Gasteiger partial charge in [0.05, 0.1) is 12.1 Å². The fourth-order valence-electron chi connectivity index (χ4n) is 3.96. The fourth-order valence-corrected chi connectivity index (χ4v) is 4.08. The molecule has 178 valence electrons. The van der Waals surface area contributed by atoms with Crippen molar-refractivity contribution < 1.29 is 14.6 Å². The van der Waals surface area contributed by atoms with Crippen LogP contribution in [0, 0.1) is 0 Å². The van der Waals surface area contributed by atoms with Gasteiger partial charge in [0.15, 0.2) is 11.2 Å². The van der Waals surface area contributed by atoms with E-state index < -0.39 is 34.8 Å². The number of carbonyl (C=O) groups is 1. The maximum Gasteiger partial charge on any atom is 0.332 e. The molecule has 0 aliphatic rings. The number of hydrogen-bond donors (Lipinski definition) is 1. The number of rotatable bonds is 5. The van der Waals surface area contributed by atoms with Crippen LogP contribution in [0.1, 0.15) is 25.0 Å². The van der Waals surface area contributed by atoms with Crippen LogP contribution in [0.25, 0.3) is 16.9 Å². The lowest BCUT2D eigenvalue weighted by atomic mass is 10.1. The Bertz CT molecular complexity index is 1630. The summed E-state index contributed by atoms with van der Waals surface area (Å²) >= 11 is 5.97. The predicted molar refractivity (Wildman–Crippen MR) is 125 cm³/mol. The molecule has 11 nitrogen and oxygen atoms in total. The fraction of sp³-hybridized carbons (Fsp3) is 0.318. The third-order valence-corrected chi connectivity index (χ3v) is 5.83. The topological polar surface area (TPSA) is 130 Å². The molecule has 4 aromatic rings. The number of benzene rings is 1. The number of aryl methyl sites for hydroxylation is 1. The first-order valence-corrected chi connectivity index (χ1v) is 10.7. The molecule has 0 aliphatic heterocycles. The number of carbonyl (C=O) groups excluding carboxylic acids is 1. The van der Waals surface area contributed by atoms with Gasteiger partial charge in [-0.3, -0.25) is 28.1 Å². The molecule has 0 bridgehead atoms. The van der Waals surface area contributed by atoms with Gasteiger partial charge >= 0.3 is 11.7 Å². The van der Waals surface area contributed by atoms with E-state index in [1.807, 2.05) is 0 Å². The van der Waals surface area contributed by atoms with E-state index in [2.05, 4.69) is 4.98 Å². The standard InChI is InChI=1S/C22H22ClN5O6/c1-11(34-12(2)29)9-15-18(30)27(10-13-5-7-14(23)8-6-13)21-24-17-16(28(21)19(15)31)20(32)26(4)22(33)25(17)3/h5-8,11,31H,9-10H2,1-4H3. The Hall–Kier alpha value is -3.86. The van der Waals surface area contributed by atoms with Crippen molar-refractivity contribution in [1.82, 2.24) is 23.1 Å². The number of esters is 1. The summed E-state index contributed by atoms with van der Waals surface area (Å²) in [5, 5.41) is 11.6. The Kier molecular flexibility index (Phi) is 5.82. The maximum atomic E-state index is 13.5. The molecule has 3 heterocycles. The first-order valence-electron chi connectivity index (χ1n) is 10.4. The van der Waals surface area contributed by atoms with Gasteiger partial charge in [0, 0.05) is 32.5 Å². The minimum absolute atomic E-state index is 0.0119. The first-order chi connectivity index (χ1) is 16.0. The number of aromatic nitrogens is 5. The van der Waals surface area contributed by atoms with Crippen LogP contribution >= 0.6 is 11.6 Å². The van der Waals surface area contributed by atoms with Gasteiger partial charge in [-0.1, -0.05) is 23.7 Å². The van der Waals surface area contributed by atoms with Gasteiger partial charge in [0.25, 0.3) is 11.1 Å². The Morgan fingerprint density at radius 1 is 1.12 bits per heavy atom. The van der Waals surface area contributed by atoms with Crippen LogP contribution in [-0.2, 0) is 36.6 Å². The third-order valence-electron chi connectivity index (χ3n) is 5.58. The van der Waals surface area contributed by atoms with Crippen molar-refractivity contribution in [2.45, 2.75) is 32.9 Å². The van der Waals surface area contributed by atoms with Gasteiger partial charge in [-0.05, 0) is 24.6 Å². The summed E-state index contributed by atoms with van der Waals surface area (Å²) in [7, 11) is 2.76. The Morgan fingerprint density at radius 3 is 2.38 bits per heavy atom. The quantitative estimate of drug-likeness (QED) is 0.415. The molecule has 1 aromatic carbocycles. The smallest absolute Gasteiger partial charge is 0.332 e. The number of ether oxygens (including phenoxy) is 1. The van der Waals surface area contributed by atoms with Crippen LogP contribution in [0.5, 0.6) is 5.88 Å². The van der Waals surface area contributed by atoms with E-state index in [1.54, 1.807) is 31.2 Å². The largest absolute Gasteiger partial charge is 0.494 e. The highest BCUT2D eigenvalue weighted by atomic mass is 35.5. The minimum Gasteiger partial charge on any atom is -0.494 e. The van der Waals surface area contributed by atoms with E-state index in [-0.39, 0.29) is 35.5 Å². The van der Waals surface area contributed by atoms with E-state index in [4.69, 9.17) is 16.3 Å². The van der Waals surface area contributed by atoms with Crippen molar-refractivity contribution in [3.8, 4) is 5.88 Å². The Morgan fingerprint density at radius 2 is 1.76 bits per heavy atom. The highest BCUT2D eigenvalue weighted by Crippen LogP contribution is 2.23. The molecule has 0 amide bonds. The zero-order valence-corrected chi connectivity index (χ0v) is 19.7. The van der Waals surface area contributed by atoms with Crippen LogP contribution in [0.15, 0.2) is 38.6 Å². The number of nitrogens with zero attached hydrogens (tertiary/aromatic N) is 5. The van der Waals surface area contributed by atoms with Crippen molar-refractivity contribution in [3.05, 3.63) is 71.6 Å². The van der Waals surface area contributed by atoms with E-state index in [0.717, 1.165) is 8.97 Å². The van der Waals surface area contributed by atoms with Crippen molar-refractivity contribution in [3.63, 3.8) is 0 Å².